The summed E-state index contributed by atoms with van der Waals surface area (Å²) in [4.78, 5) is 0. The van der Waals surface area contributed by atoms with Crippen molar-refractivity contribution in [3.63, 3.8) is 0 Å². The van der Waals surface area contributed by atoms with Gasteiger partial charge in [-0.3, -0.25) is 0 Å². The summed E-state index contributed by atoms with van der Waals surface area (Å²) in [6.45, 7) is 15.7. The quantitative estimate of drug-likeness (QED) is 0.575. The zero-order chi connectivity index (χ0) is 19.6. The third kappa shape index (κ3) is 5.33. The van der Waals surface area contributed by atoms with Crippen LogP contribution in [0.1, 0.15) is 66.7 Å². The fourth-order valence-electron chi connectivity index (χ4n) is 3.19. The zero-order valence-corrected chi connectivity index (χ0v) is 18.7. The van der Waals surface area contributed by atoms with Crippen LogP contribution in [0.3, 0.4) is 0 Å². The molecular weight excluding hydrogens is 344 g/mol. The number of rotatable bonds is 4. The van der Waals surface area contributed by atoms with E-state index in [0.29, 0.717) is 6.61 Å². The molecule has 1 aliphatic carbocycles. The first-order valence-electron chi connectivity index (χ1n) is 10.1. The van der Waals surface area contributed by atoms with Crippen molar-refractivity contribution in [1.29, 1.82) is 0 Å². The van der Waals surface area contributed by atoms with Gasteiger partial charge in [-0.25, -0.2) is 0 Å². The molecule has 1 heterocycles. The molecule has 0 aromatic heterocycles. The van der Waals surface area contributed by atoms with Gasteiger partial charge in [0.2, 0.25) is 0 Å². The van der Waals surface area contributed by atoms with Gasteiger partial charge in [-0.2, -0.15) is 0 Å². The first-order valence-corrected chi connectivity index (χ1v) is 13.1. The average Bonchev–Trinajstić information content (AvgIpc) is 2.85. The van der Waals surface area contributed by atoms with Crippen LogP contribution in [0, 0.1) is 17.8 Å². The molecule has 150 valence electrons. The van der Waals surface area contributed by atoms with E-state index in [1.165, 1.54) is 6.42 Å². The maximum atomic E-state index is 10.4. The van der Waals surface area contributed by atoms with Gasteiger partial charge in [0.25, 0.3) is 0 Å². The second kappa shape index (κ2) is 8.32. The fourth-order valence-corrected chi connectivity index (χ4v) is 4.30. The largest absolute Gasteiger partial charge is 0.416 e. The van der Waals surface area contributed by atoms with E-state index in [0.717, 1.165) is 25.7 Å². The fraction of sp³-hybridized carbons (Fsp3) is 0.905. The maximum Gasteiger partial charge on any atom is 0.191 e. The van der Waals surface area contributed by atoms with Crippen molar-refractivity contribution in [2.45, 2.75) is 109 Å². The molecule has 0 amide bonds. The van der Waals surface area contributed by atoms with Gasteiger partial charge < -0.3 is 19.0 Å². The summed E-state index contributed by atoms with van der Waals surface area (Å²) in [6, 6.07) is 0. The van der Waals surface area contributed by atoms with Crippen molar-refractivity contribution in [1.82, 2.24) is 0 Å². The standard InChI is InChI=1S/C21H38O4Si/c1-16(15-23-26(6,7)20(3,4)5)18(22)11-12-19-17(2)24-21(25-19)13-9-8-10-14-21/h16-19,22H,8-10,13-15H2,1-7H3/t16-,17-,18?,19+/m0/s1. The van der Waals surface area contributed by atoms with Gasteiger partial charge in [0.15, 0.2) is 14.1 Å². The highest BCUT2D eigenvalue weighted by Crippen LogP contribution is 2.40. The van der Waals surface area contributed by atoms with Crippen LogP contribution in [0.25, 0.3) is 0 Å². The van der Waals surface area contributed by atoms with Gasteiger partial charge in [-0.1, -0.05) is 46.0 Å². The second-order valence-corrected chi connectivity index (χ2v) is 14.4. The van der Waals surface area contributed by atoms with E-state index in [1.54, 1.807) is 0 Å². The van der Waals surface area contributed by atoms with Crippen LogP contribution in [0.2, 0.25) is 18.1 Å². The van der Waals surface area contributed by atoms with Crippen LogP contribution in [0.4, 0.5) is 0 Å². The molecule has 2 fully saturated rings. The number of aliphatic hydroxyl groups excluding tert-OH is 1. The van der Waals surface area contributed by atoms with E-state index in [1.807, 2.05) is 13.8 Å². The molecule has 0 radical (unpaired) electrons. The Hall–Kier alpha value is -0.383. The summed E-state index contributed by atoms with van der Waals surface area (Å²) in [5.41, 5.74) is 0. The predicted molar refractivity (Wildman–Crippen MR) is 107 cm³/mol. The Kier molecular flexibility index (Phi) is 7.01. The first-order chi connectivity index (χ1) is 12.0. The molecule has 1 saturated heterocycles. The van der Waals surface area contributed by atoms with Crippen LogP contribution in [0.5, 0.6) is 0 Å². The van der Waals surface area contributed by atoms with E-state index in [4.69, 9.17) is 13.9 Å². The Morgan fingerprint density at radius 2 is 1.81 bits per heavy atom. The second-order valence-electron chi connectivity index (χ2n) is 9.61. The number of hydrogen-bond acceptors (Lipinski definition) is 4. The third-order valence-electron chi connectivity index (χ3n) is 6.21. The van der Waals surface area contributed by atoms with Crippen molar-refractivity contribution in [3.8, 4) is 11.8 Å². The summed E-state index contributed by atoms with van der Waals surface area (Å²) in [5, 5.41) is 10.6. The lowest BCUT2D eigenvalue weighted by atomic mass is 9.94. The highest BCUT2D eigenvalue weighted by atomic mass is 28.4. The number of hydrogen-bond donors (Lipinski definition) is 1. The van der Waals surface area contributed by atoms with Crippen LogP contribution in [0.15, 0.2) is 0 Å². The molecule has 0 aromatic rings. The van der Waals surface area contributed by atoms with Crippen molar-refractivity contribution < 1.29 is 19.0 Å². The Balaban J connectivity index is 1.88. The highest BCUT2D eigenvalue weighted by molar-refractivity contribution is 6.74. The molecule has 1 saturated carbocycles. The summed E-state index contributed by atoms with van der Waals surface area (Å²) < 4.78 is 18.5. The minimum Gasteiger partial charge on any atom is -0.416 e. The summed E-state index contributed by atoms with van der Waals surface area (Å²) in [6.07, 6.45) is 4.45. The SMILES string of the molecule is C[C@@H]1OC2(CCCCC2)O[C@@H]1C#CC(O)[C@@H](C)CO[Si](C)(C)C(C)(C)C. The molecule has 1 unspecified atom stereocenters. The molecule has 2 aliphatic rings. The Labute approximate surface area is 161 Å². The predicted octanol–water partition coefficient (Wildman–Crippen LogP) is 4.47. The molecule has 0 bridgehead atoms. The van der Waals surface area contributed by atoms with Gasteiger partial charge in [-0.15, -0.1) is 0 Å². The minimum atomic E-state index is -1.80. The van der Waals surface area contributed by atoms with Crippen LogP contribution >= 0.6 is 0 Å². The Bertz CT molecular complexity index is 522. The maximum absolute atomic E-state index is 10.4. The lowest BCUT2D eigenvalue weighted by Gasteiger charge is -2.37. The topological polar surface area (TPSA) is 47.9 Å². The van der Waals surface area contributed by atoms with Gasteiger partial charge in [0, 0.05) is 25.4 Å². The smallest absolute Gasteiger partial charge is 0.191 e. The highest BCUT2D eigenvalue weighted by Gasteiger charge is 2.45. The van der Waals surface area contributed by atoms with Crippen LogP contribution < -0.4 is 0 Å². The van der Waals surface area contributed by atoms with Crippen molar-refractivity contribution >= 4 is 8.32 Å². The molecule has 4 atom stereocenters. The van der Waals surface area contributed by atoms with E-state index < -0.39 is 20.2 Å². The summed E-state index contributed by atoms with van der Waals surface area (Å²) >= 11 is 0. The summed E-state index contributed by atoms with van der Waals surface area (Å²) in [7, 11) is -1.80. The molecular formula is C21H38O4Si. The number of ether oxygens (including phenoxy) is 2. The third-order valence-corrected chi connectivity index (χ3v) is 10.7. The van der Waals surface area contributed by atoms with Crippen LogP contribution in [-0.2, 0) is 13.9 Å². The molecule has 5 heteroatoms. The van der Waals surface area contributed by atoms with E-state index in [2.05, 4.69) is 45.7 Å². The minimum absolute atomic E-state index is 0.0297. The van der Waals surface area contributed by atoms with Gasteiger partial charge >= 0.3 is 0 Å². The van der Waals surface area contributed by atoms with E-state index >= 15 is 0 Å². The lowest BCUT2D eigenvalue weighted by molar-refractivity contribution is -0.189. The molecule has 4 nitrogen and oxygen atoms in total. The molecule has 0 aromatic carbocycles. The van der Waals surface area contributed by atoms with Gasteiger partial charge in [0.1, 0.15) is 12.2 Å². The van der Waals surface area contributed by atoms with Crippen molar-refractivity contribution in [2.24, 2.45) is 5.92 Å². The zero-order valence-electron chi connectivity index (χ0n) is 17.7. The molecule has 2 rings (SSSR count). The Morgan fingerprint density at radius 3 is 2.38 bits per heavy atom. The van der Waals surface area contributed by atoms with Gasteiger partial charge in [0.05, 0.1) is 6.10 Å². The van der Waals surface area contributed by atoms with Gasteiger partial charge in [-0.05, 0) is 37.9 Å². The van der Waals surface area contributed by atoms with E-state index in [9.17, 15) is 5.11 Å². The normalized spacial score (nSPS) is 28.5. The molecule has 1 N–H and O–H groups in total. The van der Waals surface area contributed by atoms with Crippen molar-refractivity contribution in [3.05, 3.63) is 0 Å². The average molecular weight is 383 g/mol. The van der Waals surface area contributed by atoms with E-state index in [-0.39, 0.29) is 23.2 Å². The first kappa shape index (κ1) is 21.9. The van der Waals surface area contributed by atoms with Crippen molar-refractivity contribution in [2.75, 3.05) is 6.61 Å². The molecule has 1 aliphatic heterocycles. The lowest BCUT2D eigenvalue weighted by Crippen LogP contribution is -2.42. The summed E-state index contributed by atoms with van der Waals surface area (Å²) in [5.74, 6) is 5.65. The monoisotopic (exact) mass is 382 g/mol. The molecule has 1 spiro atoms. The molecule has 26 heavy (non-hydrogen) atoms. The Morgan fingerprint density at radius 1 is 1.19 bits per heavy atom. The number of aliphatic hydroxyl groups is 1. The van der Waals surface area contributed by atoms with Crippen LogP contribution in [-0.4, -0.2) is 44.1 Å².